The van der Waals surface area contributed by atoms with Crippen LogP contribution in [0.3, 0.4) is 0 Å². The third-order valence-corrected chi connectivity index (χ3v) is 9.38. The molecule has 1 aromatic carbocycles. The molecule has 0 aromatic heterocycles. The Bertz CT molecular complexity index is 849. The molecule has 8 atom stereocenters. The van der Waals surface area contributed by atoms with Crippen LogP contribution in [0, 0.1) is 29.5 Å². The fourth-order valence-electron chi connectivity index (χ4n) is 6.27. The number of hydrogen-bond donors (Lipinski definition) is 0. The van der Waals surface area contributed by atoms with Crippen LogP contribution in [0.2, 0.25) is 0 Å². The van der Waals surface area contributed by atoms with Crippen molar-refractivity contribution >= 4 is 17.5 Å². The van der Waals surface area contributed by atoms with Gasteiger partial charge >= 0.3 is 0 Å². The molecule has 1 aromatic rings. The molecule has 6 rings (SSSR count). The van der Waals surface area contributed by atoms with Gasteiger partial charge in [-0.1, -0.05) is 26.0 Å². The molecule has 0 unspecified atom stereocenters. The average Bonchev–Trinajstić information content (AvgIpc) is 2.99. The van der Waals surface area contributed by atoms with Crippen molar-refractivity contribution in [2.75, 3.05) is 5.75 Å². The van der Waals surface area contributed by atoms with E-state index in [-0.39, 0.29) is 23.0 Å². The maximum absolute atomic E-state index is 13.1. The van der Waals surface area contributed by atoms with Gasteiger partial charge in [-0.2, -0.15) is 0 Å². The van der Waals surface area contributed by atoms with E-state index in [1.807, 2.05) is 6.92 Å². The van der Waals surface area contributed by atoms with Gasteiger partial charge in [0.25, 0.3) is 0 Å². The van der Waals surface area contributed by atoms with Crippen LogP contribution < -0.4 is 0 Å². The fourth-order valence-corrected chi connectivity index (χ4v) is 7.52. The Morgan fingerprint density at radius 3 is 2.69 bits per heavy atom. The summed E-state index contributed by atoms with van der Waals surface area (Å²) in [5.41, 5.74) is 0.263. The zero-order valence-corrected chi connectivity index (χ0v) is 19.9. The number of ether oxygens (including phenoxy) is 2. The van der Waals surface area contributed by atoms with Crippen LogP contribution in [0.4, 0.5) is 4.39 Å². The molecule has 4 aliphatic heterocycles. The van der Waals surface area contributed by atoms with Gasteiger partial charge in [0.05, 0.1) is 0 Å². The molecule has 0 amide bonds. The maximum atomic E-state index is 13.1. The van der Waals surface area contributed by atoms with Crippen molar-refractivity contribution in [2.45, 2.75) is 82.4 Å². The molecular weight excluding hydrogens is 431 g/mol. The first-order valence-corrected chi connectivity index (χ1v) is 12.9. The van der Waals surface area contributed by atoms with Gasteiger partial charge in [-0.05, 0) is 61.6 Å². The first kappa shape index (κ1) is 22.8. The summed E-state index contributed by atoms with van der Waals surface area (Å²) in [6.45, 7) is 6.49. The zero-order valence-electron chi connectivity index (χ0n) is 19.1. The van der Waals surface area contributed by atoms with Crippen molar-refractivity contribution < 1.29 is 28.4 Å². The fraction of sp³-hybridized carbons (Fsp3) is 0.720. The standard InChI is InChI=1S/C25H33FO5S/c1-15-4-9-21-16(2)22(32-13-11-19(27)14-17-5-7-18(26)8-6-17)28-23-25(21)20(15)10-12-24(3,29-23)30-31-25/h5-8,15-16,20-23H,4,9-14H2,1-3H3/t15-,16-,20+,21+,22+,23-,24-,25-/m1/s1. The van der Waals surface area contributed by atoms with E-state index in [9.17, 15) is 9.18 Å². The minimum Gasteiger partial charge on any atom is -0.335 e. The first-order valence-electron chi connectivity index (χ1n) is 11.9. The number of carbonyl (C=O) groups is 1. The third-order valence-electron chi connectivity index (χ3n) is 8.07. The smallest absolute Gasteiger partial charge is 0.201 e. The maximum Gasteiger partial charge on any atom is 0.201 e. The number of carbonyl (C=O) groups excluding carboxylic acids is 1. The summed E-state index contributed by atoms with van der Waals surface area (Å²) in [7, 11) is 0. The summed E-state index contributed by atoms with van der Waals surface area (Å²) >= 11 is 1.70. The number of fused-ring (bicyclic) bond motifs is 2. The number of halogens is 1. The number of Topliss-reactive ketones (excluding diaryl/α,β-unsaturated/α-hetero) is 1. The summed E-state index contributed by atoms with van der Waals surface area (Å²) in [5, 5.41) is 0. The van der Waals surface area contributed by atoms with Gasteiger partial charge in [0.15, 0.2) is 11.9 Å². The lowest BCUT2D eigenvalue weighted by Gasteiger charge is -2.60. The van der Waals surface area contributed by atoms with E-state index in [1.165, 1.54) is 18.6 Å². The first-order chi connectivity index (χ1) is 15.3. The van der Waals surface area contributed by atoms with Gasteiger partial charge in [-0.15, -0.1) is 11.8 Å². The van der Waals surface area contributed by atoms with E-state index in [2.05, 4.69) is 13.8 Å². The lowest BCUT2D eigenvalue weighted by molar-refractivity contribution is -0.568. The Hall–Kier alpha value is -0.990. The highest BCUT2D eigenvalue weighted by molar-refractivity contribution is 7.99. The van der Waals surface area contributed by atoms with Crippen molar-refractivity contribution in [2.24, 2.45) is 23.7 Å². The molecule has 7 heteroatoms. The molecule has 4 heterocycles. The van der Waals surface area contributed by atoms with E-state index in [0.29, 0.717) is 36.3 Å². The summed E-state index contributed by atoms with van der Waals surface area (Å²) in [4.78, 5) is 24.5. The number of thioether (sulfide) groups is 1. The third kappa shape index (κ3) is 3.94. The Kier molecular flexibility index (Phi) is 6.16. The van der Waals surface area contributed by atoms with Crippen molar-refractivity contribution in [3.05, 3.63) is 35.6 Å². The highest BCUT2D eigenvalue weighted by atomic mass is 32.2. The van der Waals surface area contributed by atoms with Crippen LogP contribution in [-0.4, -0.2) is 34.7 Å². The zero-order chi connectivity index (χ0) is 22.5. The van der Waals surface area contributed by atoms with Gasteiger partial charge in [0, 0.05) is 30.9 Å². The van der Waals surface area contributed by atoms with Gasteiger partial charge in [-0.25, -0.2) is 14.2 Å². The lowest BCUT2D eigenvalue weighted by atomic mass is 9.58. The molecule has 5 aliphatic rings. The molecule has 32 heavy (non-hydrogen) atoms. The summed E-state index contributed by atoms with van der Waals surface area (Å²) < 4.78 is 26.0. The number of benzene rings is 1. The molecule has 5 fully saturated rings. The second-order valence-corrected chi connectivity index (χ2v) is 11.4. The van der Waals surface area contributed by atoms with Crippen molar-refractivity contribution in [1.29, 1.82) is 0 Å². The average molecular weight is 465 g/mol. The molecule has 1 aliphatic carbocycles. The molecule has 5 nitrogen and oxygen atoms in total. The lowest BCUT2D eigenvalue weighted by Crippen LogP contribution is -2.70. The van der Waals surface area contributed by atoms with Crippen LogP contribution in [-0.2, 0) is 30.5 Å². The second-order valence-electron chi connectivity index (χ2n) is 10.2. The Labute approximate surface area is 193 Å². The van der Waals surface area contributed by atoms with Crippen LogP contribution in [0.1, 0.15) is 58.4 Å². The van der Waals surface area contributed by atoms with E-state index >= 15 is 0 Å². The largest absolute Gasteiger partial charge is 0.335 e. The predicted molar refractivity (Wildman–Crippen MR) is 119 cm³/mol. The van der Waals surface area contributed by atoms with Crippen molar-refractivity contribution in [3.63, 3.8) is 0 Å². The minimum absolute atomic E-state index is 0.0464. The highest BCUT2D eigenvalue weighted by Gasteiger charge is 2.69. The molecule has 4 saturated heterocycles. The SMILES string of the molecule is C[C@H]1[C@H](SCCC(=O)Cc2ccc(F)cc2)O[C@@H]2O[C@@]3(C)CC[C@H]4[C@H](C)CC[C@@H]1[C@@]24OO3. The van der Waals surface area contributed by atoms with Crippen LogP contribution in [0.25, 0.3) is 0 Å². The Balaban J connectivity index is 1.24. The second kappa shape index (κ2) is 8.66. The Morgan fingerprint density at radius 1 is 1.12 bits per heavy atom. The monoisotopic (exact) mass is 464 g/mol. The molecule has 2 bridgehead atoms. The normalized spacial score (nSPS) is 42.9. The highest BCUT2D eigenvalue weighted by Crippen LogP contribution is 2.61. The molecule has 1 spiro atoms. The van der Waals surface area contributed by atoms with Gasteiger partial charge in [0.1, 0.15) is 17.0 Å². The van der Waals surface area contributed by atoms with Gasteiger partial charge in [-0.3, -0.25) is 4.79 Å². The van der Waals surface area contributed by atoms with Crippen LogP contribution >= 0.6 is 11.8 Å². The number of hydrogen-bond acceptors (Lipinski definition) is 6. The number of ketones is 1. The Morgan fingerprint density at radius 2 is 1.91 bits per heavy atom. The molecule has 0 N–H and O–H groups in total. The van der Waals surface area contributed by atoms with Gasteiger partial charge in [0.2, 0.25) is 5.79 Å². The molecule has 1 saturated carbocycles. The summed E-state index contributed by atoms with van der Waals surface area (Å²) in [6, 6.07) is 6.15. The topological polar surface area (TPSA) is 54.0 Å². The summed E-state index contributed by atoms with van der Waals surface area (Å²) in [5.74, 6) is 1.28. The molecular formula is C25H33FO5S. The molecule has 0 radical (unpaired) electrons. The minimum atomic E-state index is -0.765. The van der Waals surface area contributed by atoms with Crippen molar-refractivity contribution in [1.82, 2.24) is 0 Å². The van der Waals surface area contributed by atoms with Crippen molar-refractivity contribution in [3.8, 4) is 0 Å². The predicted octanol–water partition coefficient (Wildman–Crippen LogP) is 5.27. The molecule has 176 valence electrons. The van der Waals surface area contributed by atoms with Gasteiger partial charge < -0.3 is 9.47 Å². The summed E-state index contributed by atoms with van der Waals surface area (Å²) in [6.07, 6.45) is 4.45. The quantitative estimate of drug-likeness (QED) is 0.535. The number of rotatable bonds is 6. The van der Waals surface area contributed by atoms with E-state index in [1.54, 1.807) is 23.9 Å². The van der Waals surface area contributed by atoms with Crippen LogP contribution in [0.5, 0.6) is 0 Å². The van der Waals surface area contributed by atoms with E-state index in [4.69, 9.17) is 19.2 Å². The van der Waals surface area contributed by atoms with E-state index < -0.39 is 17.7 Å². The van der Waals surface area contributed by atoms with Crippen LogP contribution in [0.15, 0.2) is 24.3 Å². The van der Waals surface area contributed by atoms with E-state index in [0.717, 1.165) is 24.8 Å².